The van der Waals surface area contributed by atoms with Crippen molar-refractivity contribution in [3.63, 3.8) is 0 Å². The Morgan fingerprint density at radius 1 is 1.57 bits per heavy atom. The van der Waals surface area contributed by atoms with E-state index in [-0.39, 0.29) is 5.41 Å². The van der Waals surface area contributed by atoms with Crippen LogP contribution in [0.5, 0.6) is 0 Å². The van der Waals surface area contributed by atoms with Crippen molar-refractivity contribution in [2.24, 2.45) is 17.1 Å². The smallest absolute Gasteiger partial charge is 0.0703 e. The van der Waals surface area contributed by atoms with Crippen LogP contribution in [0.1, 0.15) is 26.2 Å². The highest BCUT2D eigenvalue weighted by Crippen LogP contribution is 2.45. The zero-order valence-electron chi connectivity index (χ0n) is 8.87. The Kier molecular flexibility index (Phi) is 2.50. The lowest BCUT2D eigenvalue weighted by Gasteiger charge is -2.36. The van der Waals surface area contributed by atoms with Gasteiger partial charge in [-0.25, -0.2) is 0 Å². The number of nitriles is 1. The van der Waals surface area contributed by atoms with Gasteiger partial charge in [0.05, 0.1) is 11.5 Å². The van der Waals surface area contributed by atoms with Gasteiger partial charge in [-0.2, -0.15) is 5.26 Å². The molecule has 0 aromatic carbocycles. The first-order valence-electron chi connectivity index (χ1n) is 5.54. The van der Waals surface area contributed by atoms with E-state index in [2.05, 4.69) is 17.9 Å². The minimum Gasteiger partial charge on any atom is -0.327 e. The Morgan fingerprint density at radius 2 is 2.29 bits per heavy atom. The number of hydrogen-bond donors (Lipinski definition) is 1. The van der Waals surface area contributed by atoms with Crippen LogP contribution < -0.4 is 5.73 Å². The lowest BCUT2D eigenvalue weighted by molar-refractivity contribution is 0.148. The first-order valence-corrected chi connectivity index (χ1v) is 5.54. The van der Waals surface area contributed by atoms with Crippen LogP contribution in [0.25, 0.3) is 0 Å². The molecule has 1 saturated heterocycles. The largest absolute Gasteiger partial charge is 0.327 e. The molecule has 3 heteroatoms. The van der Waals surface area contributed by atoms with E-state index < -0.39 is 0 Å². The maximum atomic E-state index is 9.00. The second kappa shape index (κ2) is 3.52. The summed E-state index contributed by atoms with van der Waals surface area (Å²) in [5, 5.41) is 9.00. The molecule has 2 atom stereocenters. The van der Waals surface area contributed by atoms with Crippen molar-refractivity contribution in [2.45, 2.75) is 32.2 Å². The summed E-state index contributed by atoms with van der Waals surface area (Å²) in [6.45, 7) is 5.34. The maximum absolute atomic E-state index is 9.00. The minimum atomic E-state index is 0.0150. The molecular weight excluding hydrogens is 174 g/mol. The predicted molar refractivity (Wildman–Crippen MR) is 55.5 cm³/mol. The van der Waals surface area contributed by atoms with Gasteiger partial charge in [0.2, 0.25) is 0 Å². The summed E-state index contributed by atoms with van der Waals surface area (Å²) >= 11 is 0. The fraction of sp³-hybridized carbons (Fsp3) is 0.909. The molecular formula is C11H19N3. The van der Waals surface area contributed by atoms with E-state index in [0.29, 0.717) is 12.0 Å². The first kappa shape index (κ1) is 9.95. The molecule has 0 bridgehead atoms. The standard InChI is InChI=1S/C11H19N3/c1-9-6-14(5-2-10(9)13)8-11(7-12)3-4-11/h9-10H,2-6,8,13H2,1H3. The lowest BCUT2D eigenvalue weighted by Crippen LogP contribution is -2.47. The van der Waals surface area contributed by atoms with Crippen LogP contribution in [-0.2, 0) is 0 Å². The quantitative estimate of drug-likeness (QED) is 0.710. The molecule has 0 aromatic rings. The Balaban J connectivity index is 1.86. The van der Waals surface area contributed by atoms with Gasteiger partial charge in [-0.05, 0) is 31.7 Å². The van der Waals surface area contributed by atoms with Gasteiger partial charge in [0.1, 0.15) is 0 Å². The van der Waals surface area contributed by atoms with Crippen molar-refractivity contribution in [1.82, 2.24) is 4.90 Å². The molecule has 1 saturated carbocycles. The molecule has 0 amide bonds. The highest BCUT2D eigenvalue weighted by Gasteiger charge is 2.45. The molecule has 14 heavy (non-hydrogen) atoms. The van der Waals surface area contributed by atoms with E-state index in [9.17, 15) is 0 Å². The van der Waals surface area contributed by atoms with Gasteiger partial charge in [0, 0.05) is 19.1 Å². The molecule has 1 aliphatic carbocycles. The third kappa shape index (κ3) is 1.92. The summed E-state index contributed by atoms with van der Waals surface area (Å²) in [4.78, 5) is 2.42. The minimum absolute atomic E-state index is 0.0150. The normalized spacial score (nSPS) is 36.4. The van der Waals surface area contributed by atoms with E-state index >= 15 is 0 Å². The molecule has 2 N–H and O–H groups in total. The maximum Gasteiger partial charge on any atom is 0.0703 e. The highest BCUT2D eigenvalue weighted by atomic mass is 15.2. The van der Waals surface area contributed by atoms with Crippen molar-refractivity contribution >= 4 is 0 Å². The van der Waals surface area contributed by atoms with Crippen molar-refractivity contribution in [3.8, 4) is 6.07 Å². The van der Waals surface area contributed by atoms with E-state index in [0.717, 1.165) is 38.9 Å². The van der Waals surface area contributed by atoms with Gasteiger partial charge in [-0.3, -0.25) is 0 Å². The van der Waals surface area contributed by atoms with Gasteiger partial charge < -0.3 is 10.6 Å². The molecule has 2 rings (SSSR count). The SMILES string of the molecule is CC1CN(CC2(C#N)CC2)CCC1N. The molecule has 1 aliphatic heterocycles. The molecule has 3 nitrogen and oxygen atoms in total. The monoisotopic (exact) mass is 193 g/mol. The topological polar surface area (TPSA) is 53.0 Å². The first-order chi connectivity index (χ1) is 6.65. The van der Waals surface area contributed by atoms with Crippen LogP contribution in [0, 0.1) is 22.7 Å². The molecule has 2 fully saturated rings. The van der Waals surface area contributed by atoms with Crippen LogP contribution in [0.3, 0.4) is 0 Å². The van der Waals surface area contributed by atoms with Crippen LogP contribution in [-0.4, -0.2) is 30.6 Å². The lowest BCUT2D eigenvalue weighted by atomic mass is 9.94. The average molecular weight is 193 g/mol. The summed E-state index contributed by atoms with van der Waals surface area (Å²) in [7, 11) is 0. The number of piperidine rings is 1. The van der Waals surface area contributed by atoms with Crippen molar-refractivity contribution in [3.05, 3.63) is 0 Å². The third-order valence-electron chi connectivity index (χ3n) is 3.67. The van der Waals surface area contributed by atoms with Gasteiger partial charge in [-0.15, -0.1) is 0 Å². The van der Waals surface area contributed by atoms with Crippen LogP contribution in [0.15, 0.2) is 0 Å². The molecule has 0 radical (unpaired) electrons. The Labute approximate surface area is 85.9 Å². The second-order valence-corrected chi connectivity index (χ2v) is 5.06. The number of hydrogen-bond acceptors (Lipinski definition) is 3. The Morgan fingerprint density at radius 3 is 2.79 bits per heavy atom. The molecule has 2 unspecified atom stereocenters. The Bertz CT molecular complexity index is 252. The van der Waals surface area contributed by atoms with Crippen molar-refractivity contribution in [2.75, 3.05) is 19.6 Å². The van der Waals surface area contributed by atoms with Gasteiger partial charge in [0.15, 0.2) is 0 Å². The van der Waals surface area contributed by atoms with Crippen molar-refractivity contribution < 1.29 is 0 Å². The zero-order valence-corrected chi connectivity index (χ0v) is 8.87. The molecule has 2 aliphatic rings. The Hall–Kier alpha value is -0.590. The zero-order chi connectivity index (χ0) is 10.2. The van der Waals surface area contributed by atoms with Crippen molar-refractivity contribution in [1.29, 1.82) is 5.26 Å². The van der Waals surface area contributed by atoms with E-state index in [4.69, 9.17) is 11.0 Å². The fourth-order valence-corrected chi connectivity index (χ4v) is 2.28. The highest BCUT2D eigenvalue weighted by molar-refractivity contribution is 5.11. The number of rotatable bonds is 2. The average Bonchev–Trinajstić information content (AvgIpc) is 2.93. The van der Waals surface area contributed by atoms with Crippen LogP contribution >= 0.6 is 0 Å². The van der Waals surface area contributed by atoms with Gasteiger partial charge >= 0.3 is 0 Å². The third-order valence-corrected chi connectivity index (χ3v) is 3.67. The summed E-state index contributed by atoms with van der Waals surface area (Å²) in [5.74, 6) is 0.582. The van der Waals surface area contributed by atoms with E-state index in [1.807, 2.05) is 0 Å². The fourth-order valence-electron chi connectivity index (χ4n) is 2.28. The van der Waals surface area contributed by atoms with E-state index in [1.165, 1.54) is 0 Å². The van der Waals surface area contributed by atoms with Gasteiger partial charge in [0.25, 0.3) is 0 Å². The van der Waals surface area contributed by atoms with Gasteiger partial charge in [-0.1, -0.05) is 6.92 Å². The molecule has 0 spiro atoms. The summed E-state index contributed by atoms with van der Waals surface area (Å²) in [6, 6.07) is 2.82. The number of nitrogens with two attached hydrogens (primary N) is 1. The summed E-state index contributed by atoms with van der Waals surface area (Å²) in [5.41, 5.74) is 5.98. The van der Waals surface area contributed by atoms with Crippen LogP contribution in [0.4, 0.5) is 0 Å². The molecule has 0 aromatic heterocycles. The summed E-state index contributed by atoms with van der Waals surface area (Å²) < 4.78 is 0. The molecule has 78 valence electrons. The molecule has 1 heterocycles. The summed E-state index contributed by atoms with van der Waals surface area (Å²) in [6.07, 6.45) is 3.28. The number of nitrogens with zero attached hydrogens (tertiary/aromatic N) is 2. The second-order valence-electron chi connectivity index (χ2n) is 5.06. The van der Waals surface area contributed by atoms with Crippen LogP contribution in [0.2, 0.25) is 0 Å². The predicted octanol–water partition coefficient (Wildman–Crippen LogP) is 0.959. The number of likely N-dealkylation sites (tertiary alicyclic amines) is 1. The van der Waals surface area contributed by atoms with E-state index in [1.54, 1.807) is 0 Å².